The summed E-state index contributed by atoms with van der Waals surface area (Å²) >= 11 is 0. The minimum Gasteiger partial charge on any atom is -0.462 e. The molecule has 0 N–H and O–H groups in total. The molecule has 0 aliphatic rings. The van der Waals surface area contributed by atoms with E-state index in [0.717, 1.165) is 89.9 Å². The number of allylic oxidation sites excluding steroid dienone is 14. The predicted molar refractivity (Wildman–Crippen MR) is 307 cm³/mol. The first kappa shape index (κ1) is 67.6. The Kier molecular flexibility index (Phi) is 56.3. The Labute approximate surface area is 439 Å². The van der Waals surface area contributed by atoms with E-state index in [1.807, 2.05) is 0 Å². The third-order valence-electron chi connectivity index (χ3n) is 12.8. The molecule has 0 unspecified atom stereocenters. The lowest BCUT2D eigenvalue weighted by Gasteiger charge is -2.18. The van der Waals surface area contributed by atoms with Crippen LogP contribution in [-0.4, -0.2) is 37.2 Å². The summed E-state index contributed by atoms with van der Waals surface area (Å²) in [6, 6.07) is 0. The third-order valence-corrected chi connectivity index (χ3v) is 12.8. The molecule has 6 heteroatoms. The fourth-order valence-corrected chi connectivity index (χ4v) is 8.27. The van der Waals surface area contributed by atoms with Gasteiger partial charge < -0.3 is 14.2 Å². The first-order chi connectivity index (χ1) is 35.0. The normalized spacial score (nSPS) is 12.7. The van der Waals surface area contributed by atoms with Crippen LogP contribution in [0.1, 0.15) is 290 Å². The lowest BCUT2D eigenvalue weighted by atomic mass is 10.1. The zero-order valence-corrected chi connectivity index (χ0v) is 46.7. The Morgan fingerprint density at radius 2 is 0.507 bits per heavy atom. The Balaban J connectivity index is 4.45. The van der Waals surface area contributed by atoms with E-state index >= 15 is 0 Å². The number of ether oxygens (including phenoxy) is 3. The highest BCUT2D eigenvalue weighted by Gasteiger charge is 2.19. The van der Waals surface area contributed by atoms with Crippen molar-refractivity contribution in [3.05, 3.63) is 85.1 Å². The van der Waals surface area contributed by atoms with Crippen LogP contribution in [-0.2, 0) is 28.6 Å². The second-order valence-corrected chi connectivity index (χ2v) is 19.9. The highest BCUT2D eigenvalue weighted by molar-refractivity contribution is 5.71. The molecule has 408 valence electrons. The lowest BCUT2D eigenvalue weighted by Crippen LogP contribution is -2.30. The molecule has 0 saturated carbocycles. The SMILES string of the molecule is CCCCC/C=C\C/C=C\C/C=C\CCCCCCCCC(=O)OC[C@@H](COC(=O)CCCC/C=C\C/C=C\C/C=C\CCCCC)OC(=O)CCCCCCCCC/C=C\CCCCCCCCCC. The van der Waals surface area contributed by atoms with Gasteiger partial charge in [-0.15, -0.1) is 0 Å². The highest BCUT2D eigenvalue weighted by atomic mass is 16.6. The van der Waals surface area contributed by atoms with Gasteiger partial charge in [-0.25, -0.2) is 0 Å². The van der Waals surface area contributed by atoms with E-state index in [-0.39, 0.29) is 31.1 Å². The molecule has 0 spiro atoms. The van der Waals surface area contributed by atoms with Crippen LogP contribution >= 0.6 is 0 Å². The summed E-state index contributed by atoms with van der Waals surface area (Å²) in [5.74, 6) is -0.945. The van der Waals surface area contributed by atoms with Crippen molar-refractivity contribution < 1.29 is 28.6 Å². The van der Waals surface area contributed by atoms with Gasteiger partial charge in [0.15, 0.2) is 6.10 Å². The van der Waals surface area contributed by atoms with Gasteiger partial charge in [0, 0.05) is 19.3 Å². The van der Waals surface area contributed by atoms with Crippen molar-refractivity contribution in [1.82, 2.24) is 0 Å². The van der Waals surface area contributed by atoms with Gasteiger partial charge in [-0.3, -0.25) is 14.4 Å². The lowest BCUT2D eigenvalue weighted by molar-refractivity contribution is -0.167. The van der Waals surface area contributed by atoms with Crippen LogP contribution in [0.25, 0.3) is 0 Å². The monoisotopic (exact) mass is 989 g/mol. The van der Waals surface area contributed by atoms with Crippen molar-refractivity contribution in [1.29, 1.82) is 0 Å². The minimum atomic E-state index is -0.801. The Bertz CT molecular complexity index is 1370. The van der Waals surface area contributed by atoms with Crippen LogP contribution in [0.15, 0.2) is 85.1 Å². The Morgan fingerprint density at radius 3 is 0.859 bits per heavy atom. The molecule has 0 rings (SSSR count). The van der Waals surface area contributed by atoms with Gasteiger partial charge in [0.05, 0.1) is 0 Å². The van der Waals surface area contributed by atoms with Gasteiger partial charge in [0.25, 0.3) is 0 Å². The summed E-state index contributed by atoms with van der Waals surface area (Å²) in [6.45, 7) is 6.55. The molecule has 0 amide bonds. The summed E-state index contributed by atoms with van der Waals surface area (Å²) in [6.07, 6.45) is 77.2. The molecule has 1 atom stereocenters. The quantitative estimate of drug-likeness (QED) is 0.0261. The Morgan fingerprint density at radius 1 is 0.282 bits per heavy atom. The maximum atomic E-state index is 12.9. The van der Waals surface area contributed by atoms with Gasteiger partial charge in [0.2, 0.25) is 0 Å². The molecule has 0 fully saturated rings. The van der Waals surface area contributed by atoms with Crippen LogP contribution in [0.5, 0.6) is 0 Å². The number of unbranched alkanes of at least 4 members (excludes halogenated alkanes) is 29. The van der Waals surface area contributed by atoms with Gasteiger partial charge in [-0.1, -0.05) is 234 Å². The molecule has 0 bridgehead atoms. The van der Waals surface area contributed by atoms with E-state index in [0.29, 0.717) is 19.3 Å². The summed E-state index contributed by atoms with van der Waals surface area (Å²) in [5, 5.41) is 0. The average molecular weight is 990 g/mol. The summed E-state index contributed by atoms with van der Waals surface area (Å²) in [5.41, 5.74) is 0. The number of rotatable bonds is 54. The van der Waals surface area contributed by atoms with E-state index < -0.39 is 6.10 Å². The van der Waals surface area contributed by atoms with Crippen molar-refractivity contribution in [3.63, 3.8) is 0 Å². The summed E-state index contributed by atoms with van der Waals surface area (Å²) < 4.78 is 16.9. The van der Waals surface area contributed by atoms with Crippen LogP contribution in [0.4, 0.5) is 0 Å². The van der Waals surface area contributed by atoms with Gasteiger partial charge in [-0.05, 0) is 122 Å². The van der Waals surface area contributed by atoms with Gasteiger partial charge in [-0.2, -0.15) is 0 Å². The second-order valence-electron chi connectivity index (χ2n) is 19.9. The number of esters is 3. The third kappa shape index (κ3) is 57.4. The molecular formula is C65H112O6. The maximum absolute atomic E-state index is 12.9. The van der Waals surface area contributed by atoms with E-state index in [1.54, 1.807) is 0 Å². The van der Waals surface area contributed by atoms with Gasteiger partial charge >= 0.3 is 17.9 Å². The van der Waals surface area contributed by atoms with Crippen molar-refractivity contribution in [2.24, 2.45) is 0 Å². The summed E-state index contributed by atoms with van der Waals surface area (Å²) in [7, 11) is 0. The standard InChI is InChI=1S/C65H112O6/c1-4-7-10-13-16-19-22-25-28-30-32-34-37-40-43-46-49-52-55-58-64(67)70-61-62(60-69-63(66)57-54-51-48-45-42-39-36-27-24-21-18-15-12-9-6-3)71-65(68)59-56-53-50-47-44-41-38-35-33-31-29-26-23-20-17-14-11-8-5-2/h16,18-19,21,25,27-28,31-34,36,42,45,62H,4-15,17,20,22-24,26,29-30,35,37-41,43-44,46-61H2,1-3H3/b19-16-,21-18-,28-25-,33-31-,34-32-,36-27-,45-42-/t62-/m1/s1. The van der Waals surface area contributed by atoms with Crippen LogP contribution in [0.3, 0.4) is 0 Å². The van der Waals surface area contributed by atoms with Crippen LogP contribution in [0.2, 0.25) is 0 Å². The molecular weight excluding hydrogens is 877 g/mol. The smallest absolute Gasteiger partial charge is 0.306 e. The first-order valence-corrected chi connectivity index (χ1v) is 30.1. The molecule has 0 radical (unpaired) electrons. The van der Waals surface area contributed by atoms with Crippen molar-refractivity contribution >= 4 is 17.9 Å². The molecule has 0 aromatic carbocycles. The topological polar surface area (TPSA) is 78.9 Å². The highest BCUT2D eigenvalue weighted by Crippen LogP contribution is 2.15. The van der Waals surface area contributed by atoms with Crippen molar-refractivity contribution in [3.8, 4) is 0 Å². The maximum Gasteiger partial charge on any atom is 0.306 e. The number of hydrogen-bond donors (Lipinski definition) is 0. The van der Waals surface area contributed by atoms with Crippen LogP contribution in [0, 0.1) is 0 Å². The molecule has 6 nitrogen and oxygen atoms in total. The molecule has 0 saturated heterocycles. The predicted octanol–water partition coefficient (Wildman–Crippen LogP) is 20.3. The first-order valence-electron chi connectivity index (χ1n) is 30.1. The fourth-order valence-electron chi connectivity index (χ4n) is 8.27. The van der Waals surface area contributed by atoms with E-state index in [2.05, 4.69) is 106 Å². The Hall–Kier alpha value is -3.41. The average Bonchev–Trinajstić information content (AvgIpc) is 3.37. The number of carbonyl (C=O) groups excluding carboxylic acids is 3. The molecule has 0 aliphatic carbocycles. The zero-order chi connectivity index (χ0) is 51.4. The number of hydrogen-bond acceptors (Lipinski definition) is 6. The van der Waals surface area contributed by atoms with E-state index in [4.69, 9.17) is 14.2 Å². The van der Waals surface area contributed by atoms with Crippen molar-refractivity contribution in [2.75, 3.05) is 13.2 Å². The van der Waals surface area contributed by atoms with Crippen molar-refractivity contribution in [2.45, 2.75) is 297 Å². The molecule has 0 aliphatic heterocycles. The second kappa shape index (κ2) is 59.2. The largest absolute Gasteiger partial charge is 0.462 e. The molecule has 0 aromatic heterocycles. The zero-order valence-electron chi connectivity index (χ0n) is 46.7. The molecule has 0 heterocycles. The minimum absolute atomic E-state index is 0.0970. The molecule has 71 heavy (non-hydrogen) atoms. The van der Waals surface area contributed by atoms with E-state index in [1.165, 1.54) is 161 Å². The van der Waals surface area contributed by atoms with Crippen LogP contribution < -0.4 is 0 Å². The molecule has 0 aromatic rings. The fraction of sp³-hybridized carbons (Fsp3) is 0.738. The van der Waals surface area contributed by atoms with Gasteiger partial charge in [0.1, 0.15) is 13.2 Å². The van der Waals surface area contributed by atoms with E-state index in [9.17, 15) is 14.4 Å². The summed E-state index contributed by atoms with van der Waals surface area (Å²) in [4.78, 5) is 38.2. The number of carbonyl (C=O) groups is 3.